The van der Waals surface area contributed by atoms with Crippen LogP contribution in [0.1, 0.15) is 50.5 Å². The number of aliphatic hydroxyl groups excluding tert-OH is 1. The fourth-order valence-corrected chi connectivity index (χ4v) is 6.08. The minimum atomic E-state index is -0.458. The number of benzene rings is 1. The summed E-state index contributed by atoms with van der Waals surface area (Å²) in [7, 11) is 0. The summed E-state index contributed by atoms with van der Waals surface area (Å²) in [6.07, 6.45) is 10.1. The smallest absolute Gasteiger partial charge is 0.243 e. The van der Waals surface area contributed by atoms with E-state index in [9.17, 15) is 9.90 Å². The van der Waals surface area contributed by atoms with Crippen molar-refractivity contribution in [2.75, 3.05) is 26.2 Å². The van der Waals surface area contributed by atoms with Gasteiger partial charge in [0.15, 0.2) is 0 Å². The number of hydrogen-bond donors (Lipinski definition) is 1. The maximum absolute atomic E-state index is 13.8. The summed E-state index contributed by atoms with van der Waals surface area (Å²) in [5.74, 6) is 0.365. The second-order valence-electron chi connectivity index (χ2n) is 9.52. The highest BCUT2D eigenvalue weighted by atomic mass is 16.3. The molecule has 5 rings (SSSR count). The minimum absolute atomic E-state index is 0.0824. The van der Waals surface area contributed by atoms with Crippen molar-refractivity contribution in [1.82, 2.24) is 14.8 Å². The van der Waals surface area contributed by atoms with Crippen molar-refractivity contribution in [3.8, 4) is 0 Å². The number of carbonyl (C=O) groups is 1. The molecule has 2 saturated heterocycles. The second-order valence-corrected chi connectivity index (χ2v) is 9.52. The van der Waals surface area contributed by atoms with Crippen LogP contribution >= 0.6 is 0 Å². The fraction of sp³-hybridized carbons (Fsp3) is 0.600. The van der Waals surface area contributed by atoms with Crippen molar-refractivity contribution < 1.29 is 9.90 Å². The number of nitrogens with zero attached hydrogens (tertiary/aromatic N) is 3. The summed E-state index contributed by atoms with van der Waals surface area (Å²) >= 11 is 0. The van der Waals surface area contributed by atoms with Crippen LogP contribution in [0.25, 0.3) is 10.9 Å². The molecule has 0 bridgehead atoms. The molecular weight excluding hydrogens is 374 g/mol. The lowest BCUT2D eigenvalue weighted by molar-refractivity contribution is -0.146. The van der Waals surface area contributed by atoms with Gasteiger partial charge in [0.25, 0.3) is 0 Å². The molecule has 1 N–H and O–H groups in total. The van der Waals surface area contributed by atoms with Gasteiger partial charge in [-0.3, -0.25) is 14.7 Å². The average Bonchev–Trinajstić information content (AvgIpc) is 3.45. The highest BCUT2D eigenvalue weighted by Gasteiger charge is 2.49. The number of carbonyl (C=O) groups excluding carboxylic acids is 1. The van der Waals surface area contributed by atoms with Crippen LogP contribution in [0.2, 0.25) is 0 Å². The average molecular weight is 408 g/mol. The van der Waals surface area contributed by atoms with Gasteiger partial charge in [0.05, 0.1) is 11.6 Å². The van der Waals surface area contributed by atoms with Gasteiger partial charge in [0.2, 0.25) is 5.91 Å². The molecule has 3 aliphatic rings. The zero-order chi connectivity index (χ0) is 20.6. The summed E-state index contributed by atoms with van der Waals surface area (Å²) in [6.45, 7) is 3.23. The molecule has 1 saturated carbocycles. The third-order valence-corrected chi connectivity index (χ3v) is 7.71. The molecule has 1 aliphatic carbocycles. The van der Waals surface area contributed by atoms with Gasteiger partial charge in [-0.05, 0) is 62.9 Å². The summed E-state index contributed by atoms with van der Waals surface area (Å²) < 4.78 is 0. The molecule has 5 nitrogen and oxygen atoms in total. The van der Waals surface area contributed by atoms with Crippen LogP contribution in [0.3, 0.4) is 0 Å². The number of hydrogen-bond acceptors (Lipinski definition) is 4. The number of aliphatic hydroxyl groups is 1. The van der Waals surface area contributed by atoms with Crippen LogP contribution in [0.5, 0.6) is 0 Å². The first-order valence-corrected chi connectivity index (χ1v) is 11.7. The zero-order valence-corrected chi connectivity index (χ0v) is 17.8. The third kappa shape index (κ3) is 3.52. The van der Waals surface area contributed by atoms with Gasteiger partial charge in [-0.15, -0.1) is 0 Å². The van der Waals surface area contributed by atoms with Crippen LogP contribution in [0.15, 0.2) is 36.5 Å². The van der Waals surface area contributed by atoms with Crippen molar-refractivity contribution in [3.63, 3.8) is 0 Å². The monoisotopic (exact) mass is 407 g/mol. The SMILES string of the molecule is O=C(N1C[C@@H](Cc2ccnc3ccccc23)[C@@H](O)C1)C1(N2CCCC2)CCCCC1. The Kier molecular flexibility index (Phi) is 5.50. The molecule has 1 aromatic carbocycles. The van der Waals surface area contributed by atoms with Gasteiger partial charge in [-0.1, -0.05) is 37.5 Å². The molecule has 0 spiro atoms. The Hall–Kier alpha value is -1.98. The first-order valence-electron chi connectivity index (χ1n) is 11.7. The largest absolute Gasteiger partial charge is 0.391 e. The Labute approximate surface area is 179 Å². The summed E-state index contributed by atoms with van der Waals surface area (Å²) in [5, 5.41) is 12.0. The summed E-state index contributed by atoms with van der Waals surface area (Å²) in [6, 6.07) is 10.2. The van der Waals surface area contributed by atoms with E-state index in [1.54, 1.807) is 0 Å². The molecule has 0 unspecified atom stereocenters. The molecule has 160 valence electrons. The van der Waals surface area contributed by atoms with E-state index in [0.717, 1.165) is 56.1 Å². The summed E-state index contributed by atoms with van der Waals surface area (Å²) in [4.78, 5) is 22.8. The molecule has 2 aliphatic heterocycles. The van der Waals surface area contributed by atoms with Crippen molar-refractivity contribution in [2.45, 2.75) is 63.0 Å². The molecule has 2 atom stereocenters. The number of fused-ring (bicyclic) bond motifs is 1. The van der Waals surface area contributed by atoms with Gasteiger partial charge in [-0.2, -0.15) is 0 Å². The van der Waals surface area contributed by atoms with Gasteiger partial charge < -0.3 is 10.0 Å². The van der Waals surface area contributed by atoms with Crippen LogP contribution in [0, 0.1) is 5.92 Å². The van der Waals surface area contributed by atoms with E-state index >= 15 is 0 Å². The minimum Gasteiger partial charge on any atom is -0.391 e. The molecule has 1 aromatic heterocycles. The first-order chi connectivity index (χ1) is 14.7. The zero-order valence-electron chi connectivity index (χ0n) is 17.8. The number of β-amino-alcohol motifs (C(OH)–C–C–N with tert-alkyl or cyclic N) is 1. The Morgan fingerprint density at radius 1 is 1.03 bits per heavy atom. The van der Waals surface area contributed by atoms with Crippen LogP contribution < -0.4 is 0 Å². The van der Waals surface area contributed by atoms with Crippen LogP contribution in [-0.2, 0) is 11.2 Å². The Morgan fingerprint density at radius 2 is 1.80 bits per heavy atom. The molecule has 1 amide bonds. The van der Waals surface area contributed by atoms with Crippen molar-refractivity contribution in [3.05, 3.63) is 42.1 Å². The molecule has 2 aromatic rings. The highest BCUT2D eigenvalue weighted by molar-refractivity contribution is 5.87. The van der Waals surface area contributed by atoms with E-state index in [0.29, 0.717) is 13.1 Å². The van der Waals surface area contributed by atoms with E-state index in [4.69, 9.17) is 0 Å². The van der Waals surface area contributed by atoms with Gasteiger partial charge in [-0.25, -0.2) is 0 Å². The quantitative estimate of drug-likeness (QED) is 0.844. The molecule has 5 heteroatoms. The Morgan fingerprint density at radius 3 is 2.60 bits per heavy atom. The van der Waals surface area contributed by atoms with E-state index in [1.165, 1.54) is 24.8 Å². The molecule has 0 radical (unpaired) electrons. The predicted molar refractivity (Wildman–Crippen MR) is 118 cm³/mol. The van der Waals surface area contributed by atoms with Crippen molar-refractivity contribution in [1.29, 1.82) is 0 Å². The van der Waals surface area contributed by atoms with E-state index in [2.05, 4.69) is 22.0 Å². The Bertz CT molecular complexity index is 897. The van der Waals surface area contributed by atoms with Gasteiger partial charge in [0, 0.05) is 30.6 Å². The maximum atomic E-state index is 13.8. The van der Waals surface area contributed by atoms with Crippen LogP contribution in [-0.4, -0.2) is 63.6 Å². The van der Waals surface area contributed by atoms with Crippen molar-refractivity contribution in [2.24, 2.45) is 5.92 Å². The standard InChI is InChI=1S/C25H33N3O2/c29-23-18-27(24(30)25(11-4-1-5-12-25)28-14-6-7-15-28)17-20(23)16-19-10-13-26-22-9-3-2-8-21(19)22/h2-3,8-10,13,20,23,29H,1,4-7,11-12,14-18H2/t20-,23+/m1/s1. The van der Waals surface area contributed by atoms with Gasteiger partial charge >= 0.3 is 0 Å². The number of likely N-dealkylation sites (tertiary alicyclic amines) is 2. The van der Waals surface area contributed by atoms with Crippen molar-refractivity contribution >= 4 is 16.8 Å². The van der Waals surface area contributed by atoms with Gasteiger partial charge in [0.1, 0.15) is 5.54 Å². The number of amides is 1. The molecular formula is C25H33N3O2. The number of para-hydroxylation sites is 1. The lowest BCUT2D eigenvalue weighted by Crippen LogP contribution is -2.59. The normalized spacial score (nSPS) is 27.0. The Balaban J connectivity index is 1.35. The topological polar surface area (TPSA) is 56.7 Å². The molecule has 30 heavy (non-hydrogen) atoms. The fourth-order valence-electron chi connectivity index (χ4n) is 6.08. The predicted octanol–water partition coefficient (Wildman–Crippen LogP) is 3.40. The number of aromatic nitrogens is 1. The number of pyridine rings is 1. The van der Waals surface area contributed by atoms with Crippen LogP contribution in [0.4, 0.5) is 0 Å². The lowest BCUT2D eigenvalue weighted by atomic mass is 9.79. The molecule has 3 fully saturated rings. The first kappa shape index (κ1) is 20.0. The lowest BCUT2D eigenvalue weighted by Gasteiger charge is -2.45. The van der Waals surface area contributed by atoms with E-state index in [1.807, 2.05) is 29.3 Å². The third-order valence-electron chi connectivity index (χ3n) is 7.71. The van der Waals surface area contributed by atoms with E-state index in [-0.39, 0.29) is 17.4 Å². The number of rotatable bonds is 4. The summed E-state index contributed by atoms with van der Waals surface area (Å²) in [5.41, 5.74) is 1.89. The maximum Gasteiger partial charge on any atom is 0.243 e. The highest BCUT2D eigenvalue weighted by Crippen LogP contribution is 2.39. The van der Waals surface area contributed by atoms with E-state index < -0.39 is 6.10 Å². The molecule has 3 heterocycles. The second kappa shape index (κ2) is 8.27.